The summed E-state index contributed by atoms with van der Waals surface area (Å²) in [5, 5.41) is 4.18. The van der Waals surface area contributed by atoms with Crippen LogP contribution >= 0.6 is 0 Å². The molecule has 2 rings (SSSR count). The van der Waals surface area contributed by atoms with E-state index < -0.39 is 0 Å². The molecule has 0 spiro atoms. The van der Waals surface area contributed by atoms with Crippen molar-refractivity contribution in [1.29, 1.82) is 0 Å². The molecule has 0 saturated carbocycles. The lowest BCUT2D eigenvalue weighted by atomic mass is 10.1. The topological polar surface area (TPSA) is 69.9 Å². The summed E-state index contributed by atoms with van der Waals surface area (Å²) in [4.78, 5) is 4.23. The van der Waals surface area contributed by atoms with Crippen LogP contribution in [0.25, 0.3) is 0 Å². The van der Waals surface area contributed by atoms with Crippen LogP contribution in [0.3, 0.4) is 0 Å². The molecule has 2 heterocycles. The van der Waals surface area contributed by atoms with Crippen LogP contribution in [-0.4, -0.2) is 14.8 Å². The van der Waals surface area contributed by atoms with Crippen molar-refractivity contribution < 1.29 is 4.42 Å². The quantitative estimate of drug-likeness (QED) is 0.860. The van der Waals surface area contributed by atoms with Gasteiger partial charge in [0, 0.05) is 12.5 Å². The third-order valence-corrected chi connectivity index (χ3v) is 2.70. The van der Waals surface area contributed by atoms with Crippen LogP contribution in [-0.2, 0) is 6.42 Å². The van der Waals surface area contributed by atoms with Gasteiger partial charge in [0.15, 0.2) is 0 Å². The summed E-state index contributed by atoms with van der Waals surface area (Å²) in [7, 11) is 0. The van der Waals surface area contributed by atoms with Crippen LogP contribution in [0.1, 0.15) is 43.9 Å². The van der Waals surface area contributed by atoms with E-state index >= 15 is 0 Å². The van der Waals surface area contributed by atoms with Crippen LogP contribution in [0.4, 0.5) is 0 Å². The van der Waals surface area contributed by atoms with E-state index in [0.717, 1.165) is 24.4 Å². The minimum absolute atomic E-state index is 0.106. The second kappa shape index (κ2) is 5.14. The molecule has 0 fully saturated rings. The van der Waals surface area contributed by atoms with Gasteiger partial charge >= 0.3 is 0 Å². The number of nitrogens with two attached hydrogens (primary N) is 1. The number of hydrogen-bond acceptors (Lipinski definition) is 4. The van der Waals surface area contributed by atoms with Crippen LogP contribution in [0, 0.1) is 0 Å². The summed E-state index contributed by atoms with van der Waals surface area (Å²) in [6, 6.07) is 4.02. The minimum atomic E-state index is -0.106. The molecule has 0 aliphatic heterocycles. The summed E-state index contributed by atoms with van der Waals surface area (Å²) in [6.45, 7) is 4.13. The molecule has 2 aromatic rings. The van der Waals surface area contributed by atoms with Crippen molar-refractivity contribution in [2.24, 2.45) is 5.73 Å². The van der Waals surface area contributed by atoms with Crippen molar-refractivity contribution in [3.63, 3.8) is 0 Å². The number of rotatable bonds is 5. The molecule has 1 unspecified atom stereocenters. The van der Waals surface area contributed by atoms with Crippen molar-refractivity contribution in [3.05, 3.63) is 36.3 Å². The minimum Gasteiger partial charge on any atom is -0.469 e. The first-order valence-corrected chi connectivity index (χ1v) is 5.86. The van der Waals surface area contributed by atoms with Crippen molar-refractivity contribution in [3.8, 4) is 0 Å². The van der Waals surface area contributed by atoms with E-state index in [-0.39, 0.29) is 12.1 Å². The van der Waals surface area contributed by atoms with E-state index in [4.69, 9.17) is 10.2 Å². The highest BCUT2D eigenvalue weighted by Crippen LogP contribution is 2.17. The van der Waals surface area contributed by atoms with E-state index in [1.165, 1.54) is 0 Å². The predicted octanol–water partition coefficient (Wildman–Crippen LogP) is 2.08. The highest BCUT2D eigenvalue weighted by molar-refractivity contribution is 5.01. The molecule has 1 atom stereocenters. The third kappa shape index (κ3) is 2.74. The average Bonchev–Trinajstić information content (AvgIpc) is 2.96. The van der Waals surface area contributed by atoms with Crippen LogP contribution < -0.4 is 5.73 Å². The van der Waals surface area contributed by atoms with Crippen molar-refractivity contribution in [2.75, 3.05) is 0 Å². The summed E-state index contributed by atoms with van der Waals surface area (Å²) >= 11 is 0. The van der Waals surface area contributed by atoms with E-state index in [9.17, 15) is 0 Å². The summed E-state index contributed by atoms with van der Waals surface area (Å²) in [6.07, 6.45) is 4.86. The van der Waals surface area contributed by atoms with Crippen LogP contribution in [0.5, 0.6) is 0 Å². The first kappa shape index (κ1) is 11.9. The van der Waals surface area contributed by atoms with Gasteiger partial charge in [0.25, 0.3) is 0 Å². The van der Waals surface area contributed by atoms with Crippen molar-refractivity contribution in [1.82, 2.24) is 14.8 Å². The van der Waals surface area contributed by atoms with E-state index in [1.54, 1.807) is 12.6 Å². The Bertz CT molecular complexity index is 447. The van der Waals surface area contributed by atoms with Gasteiger partial charge in [-0.2, -0.15) is 5.10 Å². The largest absolute Gasteiger partial charge is 0.469 e. The Morgan fingerprint density at radius 2 is 2.29 bits per heavy atom. The fourth-order valence-electron chi connectivity index (χ4n) is 1.80. The van der Waals surface area contributed by atoms with Crippen LogP contribution in [0.15, 0.2) is 29.1 Å². The van der Waals surface area contributed by atoms with Gasteiger partial charge in [-0.3, -0.25) is 0 Å². The van der Waals surface area contributed by atoms with Gasteiger partial charge in [-0.25, -0.2) is 9.67 Å². The number of aromatic nitrogens is 3. The van der Waals surface area contributed by atoms with Gasteiger partial charge in [0.1, 0.15) is 17.9 Å². The molecule has 0 bridgehead atoms. The maximum atomic E-state index is 6.13. The first-order valence-electron chi connectivity index (χ1n) is 5.86. The molecule has 0 aliphatic carbocycles. The molecular formula is C12H18N4O. The SMILES string of the molecule is CC(C)n1ncnc1C(N)CCc1ccco1. The van der Waals surface area contributed by atoms with Crippen molar-refractivity contribution >= 4 is 0 Å². The third-order valence-electron chi connectivity index (χ3n) is 2.70. The number of furan rings is 1. The van der Waals surface area contributed by atoms with Gasteiger partial charge < -0.3 is 10.2 Å². The second-order valence-corrected chi connectivity index (χ2v) is 4.38. The zero-order chi connectivity index (χ0) is 12.3. The number of nitrogens with zero attached hydrogens (tertiary/aromatic N) is 3. The molecule has 17 heavy (non-hydrogen) atoms. The first-order chi connectivity index (χ1) is 8.18. The molecule has 5 nitrogen and oxygen atoms in total. The van der Waals surface area contributed by atoms with Crippen LogP contribution in [0.2, 0.25) is 0 Å². The Kier molecular flexibility index (Phi) is 3.58. The Morgan fingerprint density at radius 1 is 1.47 bits per heavy atom. The Labute approximate surface area is 101 Å². The lowest BCUT2D eigenvalue weighted by Gasteiger charge is -2.14. The van der Waals surface area contributed by atoms with E-state index in [0.29, 0.717) is 0 Å². The zero-order valence-corrected chi connectivity index (χ0v) is 10.2. The van der Waals surface area contributed by atoms with E-state index in [1.807, 2.05) is 16.8 Å². The standard InChI is InChI=1S/C12H18N4O/c1-9(2)16-12(14-8-15-16)11(13)6-5-10-4-3-7-17-10/h3-4,7-9,11H,5-6,13H2,1-2H3. The van der Waals surface area contributed by atoms with Gasteiger partial charge in [-0.15, -0.1) is 0 Å². The van der Waals surface area contributed by atoms with Gasteiger partial charge in [0.2, 0.25) is 0 Å². The van der Waals surface area contributed by atoms with Crippen molar-refractivity contribution in [2.45, 2.75) is 38.8 Å². The second-order valence-electron chi connectivity index (χ2n) is 4.38. The lowest BCUT2D eigenvalue weighted by molar-refractivity contribution is 0.450. The lowest BCUT2D eigenvalue weighted by Crippen LogP contribution is -2.19. The Balaban J connectivity index is 1.99. The van der Waals surface area contributed by atoms with Gasteiger partial charge in [-0.05, 0) is 32.4 Å². The molecule has 92 valence electrons. The maximum absolute atomic E-state index is 6.13. The molecule has 0 radical (unpaired) electrons. The normalized spacial score (nSPS) is 13.2. The molecule has 0 amide bonds. The molecule has 2 N–H and O–H groups in total. The Morgan fingerprint density at radius 3 is 2.94 bits per heavy atom. The maximum Gasteiger partial charge on any atom is 0.144 e. The van der Waals surface area contributed by atoms with Gasteiger partial charge in [-0.1, -0.05) is 0 Å². The molecule has 0 aliphatic rings. The molecule has 2 aromatic heterocycles. The van der Waals surface area contributed by atoms with E-state index in [2.05, 4.69) is 23.9 Å². The Hall–Kier alpha value is -1.62. The highest BCUT2D eigenvalue weighted by atomic mass is 16.3. The summed E-state index contributed by atoms with van der Waals surface area (Å²) in [5.41, 5.74) is 6.13. The number of aryl methyl sites for hydroxylation is 1. The summed E-state index contributed by atoms with van der Waals surface area (Å²) in [5.74, 6) is 1.79. The zero-order valence-electron chi connectivity index (χ0n) is 10.2. The molecule has 0 saturated heterocycles. The van der Waals surface area contributed by atoms with Gasteiger partial charge in [0.05, 0.1) is 12.3 Å². The summed E-state index contributed by atoms with van der Waals surface area (Å²) < 4.78 is 7.15. The molecule has 0 aromatic carbocycles. The fraction of sp³-hybridized carbons (Fsp3) is 0.500. The monoisotopic (exact) mass is 234 g/mol. The molecule has 5 heteroatoms. The number of hydrogen-bond donors (Lipinski definition) is 1. The smallest absolute Gasteiger partial charge is 0.144 e. The predicted molar refractivity (Wildman–Crippen MR) is 64.4 cm³/mol. The molecular weight excluding hydrogens is 216 g/mol. The average molecular weight is 234 g/mol. The fourth-order valence-corrected chi connectivity index (χ4v) is 1.80. The highest BCUT2D eigenvalue weighted by Gasteiger charge is 2.15.